The molecule has 1 radical (unpaired) electrons. The molecule has 0 atom stereocenters. The third-order valence-corrected chi connectivity index (χ3v) is 1.49. The summed E-state index contributed by atoms with van der Waals surface area (Å²) in [5.74, 6) is 0. The first-order chi connectivity index (χ1) is 4.97. The summed E-state index contributed by atoms with van der Waals surface area (Å²) in [6.45, 7) is 6.44. The third-order valence-electron chi connectivity index (χ3n) is 0.625. The van der Waals surface area contributed by atoms with Crippen LogP contribution in [0.15, 0.2) is 0 Å². The van der Waals surface area contributed by atoms with Crippen molar-refractivity contribution >= 4 is 15.8 Å². The smallest absolute Gasteiger partial charge is 0.416 e. The van der Waals surface area contributed by atoms with Crippen molar-refractivity contribution in [3.63, 3.8) is 0 Å². The number of rotatable bonds is 2. The van der Waals surface area contributed by atoms with E-state index in [4.69, 9.17) is 6.42 Å². The van der Waals surface area contributed by atoms with Gasteiger partial charge in [-0.25, -0.2) is 0 Å². The normalized spacial score (nSPS) is 9.09. The van der Waals surface area contributed by atoms with Crippen molar-refractivity contribution in [1.29, 1.82) is 0 Å². The van der Waals surface area contributed by atoms with Gasteiger partial charge in [0.1, 0.15) is 8.07 Å². The third kappa shape index (κ3) is 25.9. The first-order valence-corrected chi connectivity index (χ1v) is 6.83. The van der Waals surface area contributed by atoms with E-state index in [1.807, 2.05) is 0 Å². The zero-order chi connectivity index (χ0) is 9.33. The Morgan fingerprint density at radius 3 is 1.45 bits per heavy atom. The van der Waals surface area contributed by atoms with Crippen LogP contribution in [0.25, 0.3) is 0 Å². The Labute approximate surface area is 71.6 Å². The fourth-order valence-electron chi connectivity index (χ4n) is 0.0962. The Hall–Kier alpha value is -0.238. The highest BCUT2D eigenvalue weighted by Crippen LogP contribution is 1.94. The van der Waals surface area contributed by atoms with Gasteiger partial charge in [-0.3, -0.25) is 0 Å². The van der Waals surface area contributed by atoms with Crippen molar-refractivity contribution in [2.24, 2.45) is 0 Å². The molecule has 63 valence electrons. The van der Waals surface area contributed by atoms with E-state index in [2.05, 4.69) is 34.5 Å². The average Bonchev–Trinajstić information content (AvgIpc) is 1.90. The van der Waals surface area contributed by atoms with Crippen LogP contribution in [0.2, 0.25) is 19.6 Å². The zero-order valence-electron chi connectivity index (χ0n) is 7.97. The highest BCUT2D eigenvalue weighted by Gasteiger charge is 2.05. The van der Waals surface area contributed by atoms with Crippen molar-refractivity contribution in [3.8, 4) is 12.0 Å². The van der Waals surface area contributed by atoms with E-state index in [0.717, 1.165) is 0 Å². The molecule has 0 saturated heterocycles. The summed E-state index contributed by atoms with van der Waals surface area (Å²) in [5.41, 5.74) is 2.74. The summed E-state index contributed by atoms with van der Waals surface area (Å²) in [7, 11) is 3.21. The fraction of sp³-hybridized carbons (Fsp3) is 0.714. The van der Waals surface area contributed by atoms with Gasteiger partial charge in [0.05, 0.1) is 0 Å². The maximum Gasteiger partial charge on any atom is 0.487 e. The van der Waals surface area contributed by atoms with E-state index in [0.29, 0.717) is 0 Å². The van der Waals surface area contributed by atoms with Gasteiger partial charge in [0.15, 0.2) is 0 Å². The molecule has 0 aromatic carbocycles. The van der Waals surface area contributed by atoms with Gasteiger partial charge in [0, 0.05) is 14.2 Å². The quantitative estimate of drug-likeness (QED) is 0.460. The molecule has 0 aliphatic rings. The van der Waals surface area contributed by atoms with Crippen LogP contribution in [0.3, 0.4) is 0 Å². The van der Waals surface area contributed by atoms with Gasteiger partial charge >= 0.3 is 7.69 Å². The zero-order valence-corrected chi connectivity index (χ0v) is 8.97. The Morgan fingerprint density at radius 2 is 1.45 bits per heavy atom. The van der Waals surface area contributed by atoms with E-state index in [9.17, 15) is 0 Å². The molecule has 0 amide bonds. The van der Waals surface area contributed by atoms with Crippen LogP contribution in [0, 0.1) is 12.0 Å². The minimum atomic E-state index is -1.10. The van der Waals surface area contributed by atoms with Crippen LogP contribution in [0.1, 0.15) is 0 Å². The van der Waals surface area contributed by atoms with E-state index >= 15 is 0 Å². The van der Waals surface area contributed by atoms with E-state index in [1.165, 1.54) is 21.9 Å². The van der Waals surface area contributed by atoms with Crippen LogP contribution >= 0.6 is 0 Å². The van der Waals surface area contributed by atoms with E-state index < -0.39 is 8.07 Å². The first-order valence-electron chi connectivity index (χ1n) is 3.33. The van der Waals surface area contributed by atoms with E-state index in [-0.39, 0.29) is 0 Å². The van der Waals surface area contributed by atoms with Crippen LogP contribution in [-0.2, 0) is 9.31 Å². The van der Waals surface area contributed by atoms with Crippen molar-refractivity contribution in [1.82, 2.24) is 0 Å². The molecule has 0 N–H and O–H groups in total. The van der Waals surface area contributed by atoms with Gasteiger partial charge in [0.25, 0.3) is 0 Å². The molecular formula is C7H16BO2Si. The second-order valence-corrected chi connectivity index (χ2v) is 7.75. The molecule has 0 saturated carbocycles. The Balaban J connectivity index is 0. The SMILES string of the molecule is C#C[Si](C)(C)C.CO[B]OC. The molecule has 0 rings (SSSR count). The maximum absolute atomic E-state index is 5.12. The molecule has 0 aromatic heterocycles. The molecule has 0 bridgehead atoms. The summed E-state index contributed by atoms with van der Waals surface area (Å²) in [4.78, 5) is 0. The molecule has 2 nitrogen and oxygen atoms in total. The van der Waals surface area contributed by atoms with E-state index in [1.54, 1.807) is 0 Å². The summed E-state index contributed by atoms with van der Waals surface area (Å²) in [6, 6.07) is 0. The van der Waals surface area contributed by atoms with Crippen LogP contribution < -0.4 is 0 Å². The molecule has 4 heteroatoms. The van der Waals surface area contributed by atoms with Crippen molar-refractivity contribution in [3.05, 3.63) is 0 Å². The highest BCUT2D eigenvalue weighted by molar-refractivity contribution is 6.83. The van der Waals surface area contributed by atoms with Gasteiger partial charge in [-0.1, -0.05) is 19.6 Å². The molecular weight excluding hydrogens is 155 g/mol. The maximum atomic E-state index is 5.12. The molecule has 0 aliphatic carbocycles. The second kappa shape index (κ2) is 7.86. The van der Waals surface area contributed by atoms with Crippen molar-refractivity contribution in [2.75, 3.05) is 14.2 Å². The van der Waals surface area contributed by atoms with Crippen molar-refractivity contribution < 1.29 is 9.31 Å². The standard InChI is InChI=1S/C5H10Si.C2H6BO2/c1-5-6(2,3)4;1-4-3-5-2/h1H,2-4H3;1-2H3. The summed E-state index contributed by atoms with van der Waals surface area (Å²) < 4.78 is 8.69. The lowest BCUT2D eigenvalue weighted by atomic mass is 10.4. The van der Waals surface area contributed by atoms with Crippen LogP contribution in [-0.4, -0.2) is 30.0 Å². The number of hydrogen-bond donors (Lipinski definition) is 0. The lowest BCUT2D eigenvalue weighted by Crippen LogP contribution is -2.15. The largest absolute Gasteiger partial charge is 0.487 e. The molecule has 0 aliphatic heterocycles. The summed E-state index contributed by atoms with van der Waals surface area (Å²) in [5, 5.41) is 0. The predicted octanol–water partition coefficient (Wildman–Crippen LogP) is 1.31. The van der Waals surface area contributed by atoms with Crippen LogP contribution in [0.5, 0.6) is 0 Å². The van der Waals surface area contributed by atoms with Gasteiger partial charge in [-0.15, -0.1) is 12.0 Å². The van der Waals surface area contributed by atoms with Gasteiger partial charge in [-0.05, 0) is 0 Å². The lowest BCUT2D eigenvalue weighted by molar-refractivity contribution is 0.309. The minimum Gasteiger partial charge on any atom is -0.416 e. The van der Waals surface area contributed by atoms with Crippen LogP contribution in [0.4, 0.5) is 0 Å². The summed E-state index contributed by atoms with van der Waals surface area (Å²) in [6.07, 6.45) is 5.12. The Bertz CT molecular complexity index is 113. The highest BCUT2D eigenvalue weighted by atomic mass is 28.3. The number of hydrogen-bond acceptors (Lipinski definition) is 2. The first kappa shape index (κ1) is 13.4. The second-order valence-electron chi connectivity index (χ2n) is 2.96. The Morgan fingerprint density at radius 1 is 1.18 bits per heavy atom. The number of terminal acetylenes is 1. The molecule has 11 heavy (non-hydrogen) atoms. The molecule has 0 heterocycles. The van der Waals surface area contributed by atoms with Gasteiger partial charge in [-0.2, -0.15) is 0 Å². The fourth-order valence-corrected chi connectivity index (χ4v) is 0.0962. The Kier molecular flexibility index (Phi) is 9.55. The average molecular weight is 171 g/mol. The topological polar surface area (TPSA) is 18.5 Å². The molecule has 0 spiro atoms. The molecule has 0 unspecified atom stereocenters. The van der Waals surface area contributed by atoms with Gasteiger partial charge < -0.3 is 9.31 Å². The summed E-state index contributed by atoms with van der Waals surface area (Å²) >= 11 is 0. The minimum absolute atomic E-state index is 1.10. The van der Waals surface area contributed by atoms with Crippen molar-refractivity contribution in [2.45, 2.75) is 19.6 Å². The molecule has 0 aromatic rings. The predicted molar refractivity (Wildman–Crippen MR) is 52.0 cm³/mol. The monoisotopic (exact) mass is 171 g/mol. The lowest BCUT2D eigenvalue weighted by Gasteiger charge is -2.00. The van der Waals surface area contributed by atoms with Gasteiger partial charge in [0.2, 0.25) is 0 Å². The molecule has 0 fully saturated rings.